The number of pyridine rings is 1. The maximum absolute atomic E-state index is 13.2. The number of carbonyl (C=O) groups excluding carboxylic acids is 2. The van der Waals surface area contributed by atoms with Gasteiger partial charge in [0.2, 0.25) is 5.91 Å². The zero-order valence-corrected chi connectivity index (χ0v) is 20.3. The fourth-order valence-electron chi connectivity index (χ4n) is 4.17. The van der Waals surface area contributed by atoms with Gasteiger partial charge in [-0.3, -0.25) is 14.3 Å². The van der Waals surface area contributed by atoms with Gasteiger partial charge in [-0.25, -0.2) is 4.98 Å². The molecule has 1 aliphatic carbocycles. The van der Waals surface area contributed by atoms with Gasteiger partial charge in [0.05, 0.1) is 22.1 Å². The van der Waals surface area contributed by atoms with Gasteiger partial charge in [0.1, 0.15) is 11.5 Å². The van der Waals surface area contributed by atoms with Crippen LogP contribution in [0.25, 0.3) is 0 Å². The lowest BCUT2D eigenvalue weighted by Gasteiger charge is -2.32. The van der Waals surface area contributed by atoms with Crippen molar-refractivity contribution in [2.75, 3.05) is 18.4 Å². The summed E-state index contributed by atoms with van der Waals surface area (Å²) in [5, 5.41) is 9.54. The van der Waals surface area contributed by atoms with Crippen molar-refractivity contribution in [1.29, 1.82) is 0 Å². The highest BCUT2D eigenvalue weighted by atomic mass is 35.5. The summed E-state index contributed by atoms with van der Waals surface area (Å²) in [6, 6.07) is 5.84. The number of piperidine rings is 1. The summed E-state index contributed by atoms with van der Waals surface area (Å²) in [6.07, 6.45) is 6.65. The molecule has 34 heavy (non-hydrogen) atoms. The smallest absolute Gasteiger partial charge is 0.276 e. The first-order valence-electron chi connectivity index (χ1n) is 11.3. The van der Waals surface area contributed by atoms with E-state index in [1.54, 1.807) is 22.2 Å². The summed E-state index contributed by atoms with van der Waals surface area (Å²) in [5.41, 5.74) is 1.90. The van der Waals surface area contributed by atoms with Crippen LogP contribution < -0.4 is 5.32 Å². The molecule has 0 unspecified atom stereocenters. The van der Waals surface area contributed by atoms with Crippen LogP contribution in [0.1, 0.15) is 58.2 Å². The quantitative estimate of drug-likeness (QED) is 0.541. The van der Waals surface area contributed by atoms with Crippen LogP contribution in [0.2, 0.25) is 5.02 Å². The summed E-state index contributed by atoms with van der Waals surface area (Å²) in [5.74, 6) is 6.80. The van der Waals surface area contributed by atoms with Crippen molar-refractivity contribution in [3.63, 3.8) is 0 Å². The summed E-state index contributed by atoms with van der Waals surface area (Å²) in [4.78, 5) is 32.8. The molecular weight excluding hydrogens is 470 g/mol. The van der Waals surface area contributed by atoms with Crippen molar-refractivity contribution in [2.45, 2.75) is 38.6 Å². The van der Waals surface area contributed by atoms with Gasteiger partial charge in [-0.05, 0) is 55.7 Å². The number of thiophene rings is 1. The van der Waals surface area contributed by atoms with E-state index in [4.69, 9.17) is 11.6 Å². The Morgan fingerprint density at radius 2 is 1.97 bits per heavy atom. The second kappa shape index (κ2) is 9.61. The number of nitrogens with one attached hydrogen (secondary N) is 1. The van der Waals surface area contributed by atoms with Crippen molar-refractivity contribution in [3.05, 3.63) is 62.7 Å². The fourth-order valence-corrected chi connectivity index (χ4v) is 4.96. The van der Waals surface area contributed by atoms with Crippen LogP contribution in [0.3, 0.4) is 0 Å². The monoisotopic (exact) mass is 493 g/mol. The zero-order chi connectivity index (χ0) is 23.7. The van der Waals surface area contributed by atoms with E-state index in [2.05, 4.69) is 27.2 Å². The van der Waals surface area contributed by atoms with E-state index in [0.29, 0.717) is 29.6 Å². The van der Waals surface area contributed by atoms with E-state index in [1.165, 1.54) is 6.20 Å². The van der Waals surface area contributed by atoms with Crippen molar-refractivity contribution in [3.8, 4) is 11.8 Å². The summed E-state index contributed by atoms with van der Waals surface area (Å²) in [6.45, 7) is 3.23. The predicted octanol–water partition coefficient (Wildman–Crippen LogP) is 4.53. The number of anilines is 1. The molecule has 0 atom stereocenters. The van der Waals surface area contributed by atoms with Crippen LogP contribution in [-0.2, 0) is 4.79 Å². The Morgan fingerprint density at radius 3 is 2.65 bits per heavy atom. The van der Waals surface area contributed by atoms with Crippen molar-refractivity contribution >= 4 is 40.6 Å². The lowest BCUT2D eigenvalue weighted by molar-refractivity contribution is -0.133. The summed E-state index contributed by atoms with van der Waals surface area (Å²) < 4.78 is 1.70. The largest absolute Gasteiger partial charge is 0.342 e. The molecule has 0 bridgehead atoms. The Bertz CT molecular complexity index is 1280. The molecule has 2 fully saturated rings. The standard InChI is InChI=1S/C25H24ClN5O2S/c1-16-13-17(4-7-20-3-2-12-34-20)14-27-23(16)29-24(32)22-21(26)15-28-31(22)19-8-10-30(11-9-19)25(33)18-5-6-18/h2-3,12-15,18-19H,5-6,8-11H2,1H3,(H,27,29,32). The molecule has 1 aliphatic heterocycles. The molecule has 4 heterocycles. The minimum Gasteiger partial charge on any atom is -0.342 e. The highest BCUT2D eigenvalue weighted by molar-refractivity contribution is 7.10. The molecule has 5 rings (SSSR count). The number of aryl methyl sites for hydroxylation is 1. The molecule has 0 radical (unpaired) electrons. The van der Waals surface area contributed by atoms with Crippen LogP contribution in [0.15, 0.2) is 36.0 Å². The molecule has 3 aromatic heterocycles. The number of aromatic nitrogens is 3. The molecule has 2 aliphatic rings. The molecule has 174 valence electrons. The minimum atomic E-state index is -0.355. The van der Waals surface area contributed by atoms with E-state index in [1.807, 2.05) is 35.4 Å². The molecule has 0 spiro atoms. The van der Waals surface area contributed by atoms with Crippen LogP contribution in [-0.4, -0.2) is 44.6 Å². The Hall–Kier alpha value is -3.15. The van der Waals surface area contributed by atoms with Crippen molar-refractivity contribution < 1.29 is 9.59 Å². The number of nitrogens with zero attached hydrogens (tertiary/aromatic N) is 4. The highest BCUT2D eigenvalue weighted by Gasteiger charge is 2.36. The number of carbonyl (C=O) groups is 2. The van der Waals surface area contributed by atoms with Crippen molar-refractivity contribution in [1.82, 2.24) is 19.7 Å². The van der Waals surface area contributed by atoms with Gasteiger partial charge in [-0.15, -0.1) is 11.3 Å². The SMILES string of the molecule is Cc1cc(C#Cc2cccs2)cnc1NC(=O)c1c(Cl)cnn1C1CCN(C(=O)C2CC2)CC1. The third-order valence-corrected chi connectivity index (χ3v) is 7.24. The molecule has 3 aromatic rings. The Balaban J connectivity index is 1.27. The summed E-state index contributed by atoms with van der Waals surface area (Å²) >= 11 is 7.95. The van der Waals surface area contributed by atoms with Crippen LogP contribution >= 0.6 is 22.9 Å². The molecule has 1 N–H and O–H groups in total. The van der Waals surface area contributed by atoms with Gasteiger partial charge in [-0.2, -0.15) is 5.10 Å². The number of amides is 2. The number of hydrogen-bond acceptors (Lipinski definition) is 5. The zero-order valence-electron chi connectivity index (χ0n) is 18.8. The molecule has 1 saturated carbocycles. The highest BCUT2D eigenvalue weighted by Crippen LogP contribution is 2.34. The van der Waals surface area contributed by atoms with E-state index in [-0.39, 0.29) is 23.8 Å². The first kappa shape index (κ1) is 22.6. The Kier molecular flexibility index (Phi) is 6.40. The second-order valence-electron chi connectivity index (χ2n) is 8.69. The van der Waals surface area contributed by atoms with Crippen LogP contribution in [0, 0.1) is 24.7 Å². The Morgan fingerprint density at radius 1 is 1.18 bits per heavy atom. The molecule has 7 nitrogen and oxygen atoms in total. The van der Waals surface area contributed by atoms with Crippen molar-refractivity contribution in [2.24, 2.45) is 5.92 Å². The van der Waals surface area contributed by atoms with Gasteiger partial charge < -0.3 is 10.2 Å². The first-order chi connectivity index (χ1) is 16.5. The third kappa shape index (κ3) is 4.86. The van der Waals surface area contributed by atoms with E-state index in [0.717, 1.165) is 41.7 Å². The average molecular weight is 494 g/mol. The lowest BCUT2D eigenvalue weighted by Crippen LogP contribution is -2.40. The van der Waals surface area contributed by atoms with Gasteiger partial charge in [0, 0.05) is 30.8 Å². The summed E-state index contributed by atoms with van der Waals surface area (Å²) in [7, 11) is 0. The normalized spacial score (nSPS) is 16.1. The maximum atomic E-state index is 13.2. The number of rotatable bonds is 4. The van der Waals surface area contributed by atoms with E-state index in [9.17, 15) is 9.59 Å². The maximum Gasteiger partial charge on any atom is 0.276 e. The van der Waals surface area contributed by atoms with E-state index < -0.39 is 0 Å². The molecule has 9 heteroatoms. The fraction of sp³-hybridized carbons (Fsp3) is 0.360. The van der Waals surface area contributed by atoms with Crippen LogP contribution in [0.4, 0.5) is 5.82 Å². The number of likely N-dealkylation sites (tertiary alicyclic amines) is 1. The second-order valence-corrected chi connectivity index (χ2v) is 10.0. The van der Waals surface area contributed by atoms with Crippen LogP contribution in [0.5, 0.6) is 0 Å². The molecule has 2 amide bonds. The van der Waals surface area contributed by atoms with Gasteiger partial charge in [-0.1, -0.05) is 29.5 Å². The Labute approximate surface area is 207 Å². The minimum absolute atomic E-state index is 0.0143. The van der Waals surface area contributed by atoms with Gasteiger partial charge in [0.15, 0.2) is 0 Å². The van der Waals surface area contributed by atoms with E-state index >= 15 is 0 Å². The number of halogens is 1. The lowest BCUT2D eigenvalue weighted by atomic mass is 10.0. The number of hydrogen-bond donors (Lipinski definition) is 1. The van der Waals surface area contributed by atoms with Gasteiger partial charge in [0.25, 0.3) is 5.91 Å². The third-order valence-electron chi connectivity index (χ3n) is 6.18. The topological polar surface area (TPSA) is 80.1 Å². The molecule has 0 aromatic carbocycles. The molecule has 1 saturated heterocycles. The van der Waals surface area contributed by atoms with Gasteiger partial charge >= 0.3 is 0 Å². The predicted molar refractivity (Wildman–Crippen MR) is 132 cm³/mol. The molecular formula is C25H24ClN5O2S. The average Bonchev–Trinajstić information content (AvgIpc) is 3.42. The first-order valence-corrected chi connectivity index (χ1v) is 12.6.